The van der Waals surface area contributed by atoms with Crippen LogP contribution in [0.15, 0.2) is 76.2 Å². The van der Waals surface area contributed by atoms with Crippen molar-refractivity contribution in [1.29, 1.82) is 5.26 Å². The molecule has 29 heavy (non-hydrogen) atoms. The number of rotatable bonds is 2. The maximum atomic E-state index is 13.2. The molecule has 4 rings (SSSR count). The molecule has 2 heterocycles. The number of nitrogens with zero attached hydrogens (tertiary/aromatic N) is 2. The summed E-state index contributed by atoms with van der Waals surface area (Å²) in [5, 5.41) is 12.8. The lowest BCUT2D eigenvalue weighted by Gasteiger charge is -2.37. The molecule has 1 spiro atoms. The molecule has 0 aromatic heterocycles. The first kappa shape index (κ1) is 18.8. The predicted molar refractivity (Wildman–Crippen MR) is 110 cm³/mol. The molecule has 0 radical (unpaired) electrons. The average Bonchev–Trinajstić information content (AvgIpc) is 3.01. The largest absolute Gasteiger partial charge is 0.466 e. The molecule has 0 saturated heterocycles. The predicted octanol–water partition coefficient (Wildman–Crippen LogP) is 2.91. The number of hydrogen-bond donors (Lipinski definition) is 2. The minimum absolute atomic E-state index is 0.0103. The number of carbonyl (C=O) groups is 2. The van der Waals surface area contributed by atoms with Gasteiger partial charge in [-0.15, -0.1) is 0 Å². The number of fused-ring (bicyclic) bond motifs is 2. The van der Waals surface area contributed by atoms with E-state index in [0.717, 1.165) is 4.47 Å². The third-order valence-electron chi connectivity index (χ3n) is 5.09. The highest BCUT2D eigenvalue weighted by Crippen LogP contribution is 2.51. The summed E-state index contributed by atoms with van der Waals surface area (Å²) in [6, 6.07) is 16.1. The Kier molecular flexibility index (Phi) is 4.40. The Balaban J connectivity index is 2.04. The molecule has 2 aromatic rings. The Labute approximate surface area is 175 Å². The molecule has 0 aliphatic carbocycles. The number of nitrogens with two attached hydrogens (primary N) is 1. The third-order valence-corrected chi connectivity index (χ3v) is 5.62. The van der Waals surface area contributed by atoms with E-state index in [1.54, 1.807) is 36.4 Å². The van der Waals surface area contributed by atoms with Gasteiger partial charge in [-0.2, -0.15) is 5.26 Å². The summed E-state index contributed by atoms with van der Waals surface area (Å²) in [4.78, 5) is 27.5. The summed E-state index contributed by atoms with van der Waals surface area (Å²) >= 11 is 3.37. The average molecular weight is 451 g/mol. The van der Waals surface area contributed by atoms with Crippen molar-refractivity contribution in [1.82, 2.24) is 0 Å². The van der Waals surface area contributed by atoms with Crippen molar-refractivity contribution in [2.24, 2.45) is 5.73 Å². The van der Waals surface area contributed by atoms with Gasteiger partial charge in [0.1, 0.15) is 17.3 Å². The summed E-state index contributed by atoms with van der Waals surface area (Å²) in [7, 11) is 1.23. The molecular weight excluding hydrogens is 436 g/mol. The van der Waals surface area contributed by atoms with Gasteiger partial charge in [0.2, 0.25) is 5.91 Å². The molecule has 2 aromatic carbocycles. The van der Waals surface area contributed by atoms with E-state index in [1.807, 2.05) is 12.1 Å². The van der Waals surface area contributed by atoms with E-state index in [4.69, 9.17) is 10.5 Å². The van der Waals surface area contributed by atoms with Crippen LogP contribution in [0, 0.1) is 11.3 Å². The van der Waals surface area contributed by atoms with Gasteiger partial charge in [-0.05, 0) is 30.3 Å². The van der Waals surface area contributed by atoms with Crippen LogP contribution < -0.4 is 16.0 Å². The first-order chi connectivity index (χ1) is 13.9. The zero-order valence-corrected chi connectivity index (χ0v) is 16.9. The number of ether oxygens (including phenoxy) is 1. The smallest absolute Gasteiger partial charge is 0.337 e. The fourth-order valence-electron chi connectivity index (χ4n) is 3.79. The fraction of sp³-hybridized carbons (Fsp3) is 0.0952. The second-order valence-corrected chi connectivity index (χ2v) is 7.42. The van der Waals surface area contributed by atoms with Gasteiger partial charge in [0.05, 0.1) is 18.3 Å². The summed E-state index contributed by atoms with van der Waals surface area (Å²) < 4.78 is 5.84. The van der Waals surface area contributed by atoms with Gasteiger partial charge in [0.15, 0.2) is 0 Å². The van der Waals surface area contributed by atoms with Crippen molar-refractivity contribution in [2.45, 2.75) is 5.41 Å². The minimum atomic E-state index is -1.67. The number of esters is 1. The van der Waals surface area contributed by atoms with Crippen molar-refractivity contribution in [3.63, 3.8) is 0 Å². The first-order valence-electron chi connectivity index (χ1n) is 8.61. The molecule has 3 N–H and O–H groups in total. The summed E-state index contributed by atoms with van der Waals surface area (Å²) in [5.41, 5.74) is 6.31. The van der Waals surface area contributed by atoms with Crippen LogP contribution in [-0.2, 0) is 19.7 Å². The van der Waals surface area contributed by atoms with Gasteiger partial charge in [-0.25, -0.2) is 4.79 Å². The molecule has 144 valence electrons. The standard InChI is InChI=1S/C21H15BrN4O3/c1-29-19(27)16-11-26(13-8-6-12(22)7-9-13)18(24)15(10-23)21(16)14-4-2-3-5-17(14)25-20(21)28/h2-9,11H,24H2,1H3,(H,25,28). The van der Waals surface area contributed by atoms with Crippen LogP contribution in [0.1, 0.15) is 5.56 Å². The van der Waals surface area contributed by atoms with Gasteiger partial charge in [-0.1, -0.05) is 34.1 Å². The van der Waals surface area contributed by atoms with Crippen molar-refractivity contribution in [2.75, 3.05) is 17.3 Å². The number of carbonyl (C=O) groups excluding carboxylic acids is 2. The molecule has 1 atom stereocenters. The molecule has 0 bridgehead atoms. The normalized spacial score (nSPS) is 20.1. The van der Waals surface area contributed by atoms with Gasteiger partial charge in [0.25, 0.3) is 0 Å². The first-order valence-corrected chi connectivity index (χ1v) is 9.41. The second kappa shape index (κ2) is 6.79. The quantitative estimate of drug-likeness (QED) is 0.680. The Hall–Kier alpha value is -3.57. The number of hydrogen-bond acceptors (Lipinski definition) is 6. The van der Waals surface area contributed by atoms with Crippen LogP contribution in [-0.4, -0.2) is 19.0 Å². The number of methoxy groups -OCH3 is 1. The van der Waals surface area contributed by atoms with E-state index >= 15 is 0 Å². The van der Waals surface area contributed by atoms with Crippen molar-refractivity contribution >= 4 is 39.2 Å². The van der Waals surface area contributed by atoms with Crippen LogP contribution in [0.3, 0.4) is 0 Å². The van der Waals surface area contributed by atoms with Crippen molar-refractivity contribution < 1.29 is 14.3 Å². The van der Waals surface area contributed by atoms with Crippen LogP contribution in [0.25, 0.3) is 0 Å². The Morgan fingerprint density at radius 3 is 2.59 bits per heavy atom. The number of amides is 1. The topological polar surface area (TPSA) is 108 Å². The molecule has 1 amide bonds. The van der Waals surface area contributed by atoms with Crippen molar-refractivity contribution in [3.05, 3.63) is 81.7 Å². The van der Waals surface area contributed by atoms with Crippen LogP contribution >= 0.6 is 15.9 Å². The Bertz CT molecular complexity index is 1150. The molecule has 8 heteroatoms. The third kappa shape index (κ3) is 2.55. The van der Waals surface area contributed by atoms with E-state index in [1.165, 1.54) is 18.2 Å². The summed E-state index contributed by atoms with van der Waals surface area (Å²) in [6.07, 6.45) is 1.47. The van der Waals surface area contributed by atoms with Crippen LogP contribution in [0.5, 0.6) is 0 Å². The van der Waals surface area contributed by atoms with E-state index in [9.17, 15) is 14.9 Å². The van der Waals surface area contributed by atoms with E-state index in [-0.39, 0.29) is 17.0 Å². The molecule has 0 saturated carbocycles. The van der Waals surface area contributed by atoms with Crippen molar-refractivity contribution in [3.8, 4) is 6.07 Å². The number of nitrogens with one attached hydrogen (secondary N) is 1. The lowest BCUT2D eigenvalue weighted by atomic mass is 9.68. The monoisotopic (exact) mass is 450 g/mol. The number of anilines is 2. The van der Waals surface area contributed by atoms with E-state index < -0.39 is 17.3 Å². The lowest BCUT2D eigenvalue weighted by Crippen LogP contribution is -2.47. The number of nitriles is 1. The summed E-state index contributed by atoms with van der Waals surface area (Å²) in [5.74, 6) is -1.18. The van der Waals surface area contributed by atoms with Crippen LogP contribution in [0.2, 0.25) is 0 Å². The highest BCUT2D eigenvalue weighted by Gasteiger charge is 2.58. The molecule has 2 aliphatic rings. The van der Waals surface area contributed by atoms with Gasteiger partial charge < -0.3 is 20.7 Å². The number of para-hydroxylation sites is 1. The molecule has 1 unspecified atom stereocenters. The minimum Gasteiger partial charge on any atom is -0.466 e. The highest BCUT2D eigenvalue weighted by atomic mass is 79.9. The van der Waals surface area contributed by atoms with Gasteiger partial charge in [0, 0.05) is 27.6 Å². The Morgan fingerprint density at radius 2 is 1.93 bits per heavy atom. The summed E-state index contributed by atoms with van der Waals surface area (Å²) in [6.45, 7) is 0. The molecule has 2 aliphatic heterocycles. The lowest BCUT2D eigenvalue weighted by molar-refractivity contribution is -0.138. The molecular formula is C21H15BrN4O3. The molecule has 0 fully saturated rings. The second-order valence-electron chi connectivity index (χ2n) is 6.50. The van der Waals surface area contributed by atoms with Gasteiger partial charge >= 0.3 is 5.97 Å². The Morgan fingerprint density at radius 1 is 1.24 bits per heavy atom. The maximum Gasteiger partial charge on any atom is 0.337 e. The molecule has 7 nitrogen and oxygen atoms in total. The maximum absolute atomic E-state index is 13.2. The zero-order chi connectivity index (χ0) is 20.8. The number of halogens is 1. The zero-order valence-electron chi connectivity index (χ0n) is 15.3. The van der Waals surface area contributed by atoms with Gasteiger partial charge in [-0.3, -0.25) is 4.79 Å². The highest BCUT2D eigenvalue weighted by molar-refractivity contribution is 9.10. The van der Waals surface area contributed by atoms with Crippen LogP contribution in [0.4, 0.5) is 11.4 Å². The SMILES string of the molecule is COC(=O)C1=CN(c2ccc(Br)cc2)C(N)=C(C#N)C12C(=O)Nc1ccccc12. The number of benzene rings is 2. The fourth-order valence-corrected chi connectivity index (χ4v) is 4.05. The van der Waals surface area contributed by atoms with E-state index in [2.05, 4.69) is 27.3 Å². The van der Waals surface area contributed by atoms with E-state index in [0.29, 0.717) is 16.9 Å².